The first kappa shape index (κ1) is 16.1. The summed E-state index contributed by atoms with van der Waals surface area (Å²) < 4.78 is 2.10. The molecule has 0 aliphatic rings. The molecule has 1 amide bonds. The number of hydrogen-bond acceptors (Lipinski definition) is 4. The number of aromatic nitrogens is 2. The molecule has 24 heavy (non-hydrogen) atoms. The number of carbonyl (C=O) groups excluding carboxylic acids is 1. The summed E-state index contributed by atoms with van der Waals surface area (Å²) in [5, 5.41) is 12.5. The van der Waals surface area contributed by atoms with E-state index in [0.717, 1.165) is 22.7 Å². The highest BCUT2D eigenvalue weighted by Crippen LogP contribution is 2.24. The molecular weight excluding hydrogens is 320 g/mol. The number of nitrogens with one attached hydrogen (secondary N) is 1. The van der Waals surface area contributed by atoms with E-state index in [2.05, 4.69) is 27.9 Å². The highest BCUT2D eigenvalue weighted by atomic mass is 32.2. The van der Waals surface area contributed by atoms with Gasteiger partial charge >= 0.3 is 0 Å². The molecule has 0 bridgehead atoms. The molecule has 0 atom stereocenters. The van der Waals surface area contributed by atoms with Crippen molar-refractivity contribution >= 4 is 34.4 Å². The fraction of sp³-hybridized carbons (Fsp3) is 0.167. The van der Waals surface area contributed by atoms with Gasteiger partial charge in [-0.25, -0.2) is 4.98 Å². The van der Waals surface area contributed by atoms with E-state index >= 15 is 0 Å². The Hall–Kier alpha value is -2.78. The zero-order chi connectivity index (χ0) is 16.9. The number of fused-ring (bicyclic) bond motifs is 1. The van der Waals surface area contributed by atoms with Gasteiger partial charge in [-0.1, -0.05) is 30.0 Å². The Morgan fingerprint density at radius 3 is 2.92 bits per heavy atom. The SMILES string of the molecule is CCn1c(SCC(=O)Nc2cccc(C#N)c2)nc2ccccc21. The van der Waals surface area contributed by atoms with E-state index in [1.54, 1.807) is 24.3 Å². The molecule has 3 rings (SSSR count). The van der Waals surface area contributed by atoms with E-state index in [9.17, 15) is 4.79 Å². The van der Waals surface area contributed by atoms with Crippen LogP contribution in [0.2, 0.25) is 0 Å². The van der Waals surface area contributed by atoms with Crippen LogP contribution in [0.15, 0.2) is 53.7 Å². The lowest BCUT2D eigenvalue weighted by Gasteiger charge is -2.07. The fourth-order valence-corrected chi connectivity index (χ4v) is 3.34. The van der Waals surface area contributed by atoms with Crippen LogP contribution in [0.4, 0.5) is 5.69 Å². The third-order valence-electron chi connectivity index (χ3n) is 3.54. The summed E-state index contributed by atoms with van der Waals surface area (Å²) in [7, 11) is 0. The summed E-state index contributed by atoms with van der Waals surface area (Å²) in [5.41, 5.74) is 3.16. The Morgan fingerprint density at radius 1 is 1.29 bits per heavy atom. The van der Waals surface area contributed by atoms with Gasteiger partial charge in [0.25, 0.3) is 0 Å². The van der Waals surface area contributed by atoms with E-state index < -0.39 is 0 Å². The monoisotopic (exact) mass is 336 g/mol. The Kier molecular flexibility index (Phi) is 4.82. The molecule has 0 spiro atoms. The maximum Gasteiger partial charge on any atom is 0.234 e. The molecule has 2 aromatic carbocycles. The van der Waals surface area contributed by atoms with Crippen molar-refractivity contribution in [2.45, 2.75) is 18.6 Å². The third kappa shape index (κ3) is 3.42. The number of nitrogens with zero attached hydrogens (tertiary/aromatic N) is 3. The van der Waals surface area contributed by atoms with E-state index in [4.69, 9.17) is 5.26 Å². The van der Waals surface area contributed by atoms with Crippen molar-refractivity contribution in [2.75, 3.05) is 11.1 Å². The number of benzene rings is 2. The number of amides is 1. The molecule has 1 aromatic heterocycles. The Labute approximate surface area is 144 Å². The number of para-hydroxylation sites is 2. The maximum atomic E-state index is 12.1. The minimum absolute atomic E-state index is 0.121. The van der Waals surface area contributed by atoms with Crippen molar-refractivity contribution in [3.05, 3.63) is 54.1 Å². The summed E-state index contributed by atoms with van der Waals surface area (Å²) >= 11 is 1.41. The van der Waals surface area contributed by atoms with Crippen molar-refractivity contribution < 1.29 is 4.79 Å². The summed E-state index contributed by atoms with van der Waals surface area (Å²) in [6.07, 6.45) is 0. The van der Waals surface area contributed by atoms with E-state index in [1.807, 2.05) is 24.3 Å². The molecule has 6 heteroatoms. The summed E-state index contributed by atoms with van der Waals surface area (Å²) in [6.45, 7) is 2.86. The molecular formula is C18H16N4OS. The van der Waals surface area contributed by atoms with Gasteiger partial charge in [0.05, 0.1) is 28.4 Å². The van der Waals surface area contributed by atoms with Crippen LogP contribution in [0.3, 0.4) is 0 Å². The molecule has 0 radical (unpaired) electrons. The minimum atomic E-state index is -0.121. The van der Waals surface area contributed by atoms with Gasteiger partial charge in [0.1, 0.15) is 0 Å². The molecule has 0 aliphatic heterocycles. The third-order valence-corrected chi connectivity index (χ3v) is 4.52. The van der Waals surface area contributed by atoms with Crippen molar-refractivity contribution in [2.24, 2.45) is 0 Å². The number of nitriles is 1. The molecule has 0 unspecified atom stereocenters. The summed E-state index contributed by atoms with van der Waals surface area (Å²) in [4.78, 5) is 16.7. The van der Waals surface area contributed by atoms with Crippen LogP contribution in [0, 0.1) is 11.3 Å². The number of imidazole rings is 1. The summed E-state index contributed by atoms with van der Waals surface area (Å²) in [6, 6.07) is 16.9. The molecule has 120 valence electrons. The Morgan fingerprint density at radius 2 is 2.12 bits per heavy atom. The van der Waals surface area contributed by atoms with Gasteiger partial charge in [-0.15, -0.1) is 0 Å². The van der Waals surface area contributed by atoms with Gasteiger partial charge in [0.2, 0.25) is 5.91 Å². The minimum Gasteiger partial charge on any atom is -0.325 e. The zero-order valence-electron chi connectivity index (χ0n) is 13.2. The predicted molar refractivity (Wildman–Crippen MR) is 95.9 cm³/mol. The van der Waals surface area contributed by atoms with Crippen molar-refractivity contribution in [3.63, 3.8) is 0 Å². The van der Waals surface area contributed by atoms with Crippen LogP contribution in [0.5, 0.6) is 0 Å². The lowest BCUT2D eigenvalue weighted by Crippen LogP contribution is -2.14. The van der Waals surface area contributed by atoms with Crippen LogP contribution < -0.4 is 5.32 Å². The molecule has 0 fully saturated rings. The first-order valence-corrected chi connectivity index (χ1v) is 8.58. The first-order chi connectivity index (χ1) is 11.7. The van der Waals surface area contributed by atoms with Crippen LogP contribution in [0.25, 0.3) is 11.0 Å². The van der Waals surface area contributed by atoms with Gasteiger partial charge in [-0.3, -0.25) is 4.79 Å². The molecule has 5 nitrogen and oxygen atoms in total. The molecule has 1 heterocycles. The Bertz CT molecular complexity index is 926. The average molecular weight is 336 g/mol. The van der Waals surface area contributed by atoms with Crippen molar-refractivity contribution in [1.29, 1.82) is 5.26 Å². The topological polar surface area (TPSA) is 70.7 Å². The van der Waals surface area contributed by atoms with Crippen LogP contribution in [-0.4, -0.2) is 21.2 Å². The summed E-state index contributed by atoms with van der Waals surface area (Å²) in [5.74, 6) is 0.143. The predicted octanol–water partition coefficient (Wildman–Crippen LogP) is 3.66. The standard InChI is InChI=1S/C18H16N4OS/c1-2-22-16-9-4-3-8-15(16)21-18(22)24-12-17(23)20-14-7-5-6-13(10-14)11-19/h3-10H,2,12H2,1H3,(H,20,23). The normalized spacial score (nSPS) is 10.5. The molecule has 3 aromatic rings. The zero-order valence-corrected chi connectivity index (χ0v) is 14.0. The number of hydrogen-bond donors (Lipinski definition) is 1. The first-order valence-electron chi connectivity index (χ1n) is 7.59. The maximum absolute atomic E-state index is 12.1. The Balaban J connectivity index is 1.69. The fourth-order valence-electron chi connectivity index (χ4n) is 2.46. The van der Waals surface area contributed by atoms with Crippen LogP contribution in [0.1, 0.15) is 12.5 Å². The molecule has 0 saturated heterocycles. The second-order valence-electron chi connectivity index (χ2n) is 5.16. The number of carbonyl (C=O) groups is 1. The van der Waals surface area contributed by atoms with Crippen LogP contribution in [-0.2, 0) is 11.3 Å². The van der Waals surface area contributed by atoms with Crippen molar-refractivity contribution in [3.8, 4) is 6.07 Å². The largest absolute Gasteiger partial charge is 0.325 e. The highest BCUT2D eigenvalue weighted by Gasteiger charge is 2.12. The van der Waals surface area contributed by atoms with Gasteiger partial charge in [0, 0.05) is 12.2 Å². The molecule has 1 N–H and O–H groups in total. The van der Waals surface area contributed by atoms with Gasteiger partial charge in [-0.05, 0) is 37.3 Å². The smallest absolute Gasteiger partial charge is 0.234 e. The van der Waals surface area contributed by atoms with Gasteiger partial charge < -0.3 is 9.88 Å². The van der Waals surface area contributed by atoms with E-state index in [0.29, 0.717) is 11.3 Å². The lowest BCUT2D eigenvalue weighted by molar-refractivity contribution is -0.113. The number of aryl methyl sites for hydroxylation is 1. The van der Waals surface area contributed by atoms with Crippen molar-refractivity contribution in [1.82, 2.24) is 9.55 Å². The lowest BCUT2D eigenvalue weighted by atomic mass is 10.2. The van der Waals surface area contributed by atoms with Gasteiger partial charge in [-0.2, -0.15) is 5.26 Å². The van der Waals surface area contributed by atoms with E-state index in [1.165, 1.54) is 11.8 Å². The number of thioether (sulfide) groups is 1. The second kappa shape index (κ2) is 7.20. The quantitative estimate of drug-likeness (QED) is 0.722. The number of rotatable bonds is 5. The van der Waals surface area contributed by atoms with Gasteiger partial charge in [0.15, 0.2) is 5.16 Å². The second-order valence-corrected chi connectivity index (χ2v) is 6.10. The highest BCUT2D eigenvalue weighted by molar-refractivity contribution is 7.99. The number of anilines is 1. The average Bonchev–Trinajstić information content (AvgIpc) is 2.97. The molecule has 0 aliphatic carbocycles. The van der Waals surface area contributed by atoms with E-state index in [-0.39, 0.29) is 11.7 Å². The molecule has 0 saturated carbocycles. The van der Waals surface area contributed by atoms with Crippen LogP contribution >= 0.6 is 11.8 Å².